The van der Waals surface area contributed by atoms with Crippen LogP contribution in [-0.2, 0) is 0 Å². The number of methoxy groups -OCH3 is 1. The van der Waals surface area contributed by atoms with Crippen LogP contribution in [0, 0.1) is 5.92 Å². The minimum atomic E-state index is -0.327. The van der Waals surface area contributed by atoms with Crippen molar-refractivity contribution in [2.75, 3.05) is 31.6 Å². The maximum atomic E-state index is 13.2. The van der Waals surface area contributed by atoms with Crippen molar-refractivity contribution >= 4 is 16.6 Å². The van der Waals surface area contributed by atoms with Crippen LogP contribution in [0.25, 0.3) is 22.2 Å². The van der Waals surface area contributed by atoms with Crippen molar-refractivity contribution in [3.05, 3.63) is 53.2 Å². The number of hydrogen-bond acceptors (Lipinski definition) is 7. The summed E-state index contributed by atoms with van der Waals surface area (Å²) in [7, 11) is 1.63. The number of ether oxygens (including phenoxy) is 1. The topological polar surface area (TPSA) is 106 Å². The predicted octanol–water partition coefficient (Wildman–Crippen LogP) is 3.42. The first-order valence-corrected chi connectivity index (χ1v) is 13.2. The Morgan fingerprint density at radius 2 is 2.11 bits per heavy atom. The highest BCUT2D eigenvalue weighted by Gasteiger charge is 2.24. The summed E-state index contributed by atoms with van der Waals surface area (Å²) in [5.41, 5.74) is 3.36. The van der Waals surface area contributed by atoms with Gasteiger partial charge in [-0.3, -0.25) is 14.5 Å². The zero-order chi connectivity index (χ0) is 25.4. The van der Waals surface area contributed by atoms with Crippen molar-refractivity contribution in [2.24, 2.45) is 5.92 Å². The normalized spacial score (nSPS) is 19.2. The van der Waals surface area contributed by atoms with Crippen molar-refractivity contribution in [3.63, 3.8) is 0 Å². The van der Waals surface area contributed by atoms with Gasteiger partial charge >= 0.3 is 0 Å². The van der Waals surface area contributed by atoms with Crippen LogP contribution >= 0.6 is 0 Å². The molecule has 6 rings (SSSR count). The Balaban J connectivity index is 1.18. The number of H-pyrrole nitrogens is 1. The third-order valence-electron chi connectivity index (χ3n) is 7.98. The van der Waals surface area contributed by atoms with Crippen LogP contribution in [0.1, 0.15) is 45.2 Å². The van der Waals surface area contributed by atoms with Gasteiger partial charge < -0.3 is 15.0 Å². The van der Waals surface area contributed by atoms with Crippen molar-refractivity contribution < 1.29 is 4.74 Å². The van der Waals surface area contributed by atoms with Gasteiger partial charge in [-0.25, -0.2) is 4.68 Å². The first-order valence-electron chi connectivity index (χ1n) is 13.2. The van der Waals surface area contributed by atoms with Crippen LogP contribution in [0.5, 0.6) is 5.75 Å². The van der Waals surface area contributed by atoms with E-state index in [1.165, 1.54) is 25.7 Å². The molecule has 2 atom stereocenters. The van der Waals surface area contributed by atoms with E-state index in [4.69, 9.17) is 4.74 Å². The Kier molecular flexibility index (Phi) is 6.42. The third-order valence-corrected chi connectivity index (χ3v) is 7.98. The zero-order valence-electron chi connectivity index (χ0n) is 21.4. The Labute approximate surface area is 215 Å². The van der Waals surface area contributed by atoms with E-state index in [0.29, 0.717) is 17.5 Å². The number of anilines is 1. The molecule has 4 heterocycles. The lowest BCUT2D eigenvalue weighted by atomic mass is 9.85. The number of rotatable bonds is 8. The fraction of sp³-hybridized carbons (Fsp3) is 0.481. The Morgan fingerprint density at radius 3 is 2.89 bits per heavy atom. The summed E-state index contributed by atoms with van der Waals surface area (Å²) >= 11 is 0. The fourth-order valence-corrected chi connectivity index (χ4v) is 5.46. The van der Waals surface area contributed by atoms with Crippen LogP contribution in [-0.4, -0.2) is 62.5 Å². The van der Waals surface area contributed by atoms with Gasteiger partial charge in [0.2, 0.25) is 0 Å². The van der Waals surface area contributed by atoms with E-state index >= 15 is 0 Å². The second-order valence-electron chi connectivity index (χ2n) is 10.3. The zero-order valence-corrected chi connectivity index (χ0v) is 21.4. The molecule has 10 nitrogen and oxygen atoms in total. The average molecular weight is 503 g/mol. The minimum absolute atomic E-state index is 0.0507. The number of aromatic nitrogens is 6. The molecule has 194 valence electrons. The Hall–Kier alpha value is -3.66. The molecule has 37 heavy (non-hydrogen) atoms. The van der Waals surface area contributed by atoms with Gasteiger partial charge in [0.1, 0.15) is 17.6 Å². The lowest BCUT2D eigenvalue weighted by Gasteiger charge is -2.36. The highest BCUT2D eigenvalue weighted by molar-refractivity contribution is 5.94. The van der Waals surface area contributed by atoms with Gasteiger partial charge in [-0.15, -0.1) is 5.10 Å². The highest BCUT2D eigenvalue weighted by atomic mass is 16.5. The van der Waals surface area contributed by atoms with Gasteiger partial charge in [0, 0.05) is 54.1 Å². The predicted molar refractivity (Wildman–Crippen MR) is 143 cm³/mol. The summed E-state index contributed by atoms with van der Waals surface area (Å²) in [6.45, 7) is 5.00. The fourth-order valence-electron chi connectivity index (χ4n) is 5.46. The van der Waals surface area contributed by atoms with Crippen molar-refractivity contribution in [3.8, 4) is 17.0 Å². The van der Waals surface area contributed by atoms with E-state index in [9.17, 15) is 4.79 Å². The maximum Gasteiger partial charge on any atom is 0.254 e. The molecule has 1 aromatic carbocycles. The number of aromatic amines is 1. The van der Waals surface area contributed by atoms with Crippen LogP contribution < -0.4 is 20.5 Å². The number of nitrogens with zero attached hydrogens (tertiary/aromatic N) is 6. The molecule has 3 aromatic heterocycles. The van der Waals surface area contributed by atoms with E-state index in [2.05, 4.69) is 30.7 Å². The monoisotopic (exact) mass is 502 g/mol. The SMILES string of the molecule is COc1cc(-c2cn(C(C)n3ccc(N4CCCC(NCC5CCC5)C4)cc3=O)nn2)c2cn[nH]c2c1. The molecule has 2 N–H and O–H groups in total. The summed E-state index contributed by atoms with van der Waals surface area (Å²) in [5.74, 6) is 1.56. The van der Waals surface area contributed by atoms with Crippen LogP contribution in [0.15, 0.2) is 47.7 Å². The van der Waals surface area contributed by atoms with Gasteiger partial charge in [0.15, 0.2) is 0 Å². The standard InChI is InChI=1S/C27H34N8O2/c1-18(35-17-26(31-32-35)23-12-22(37-2)13-25-24(23)15-29-30-25)34-10-8-21(11-27(34)36)33-9-4-7-20(16-33)28-14-19-5-3-6-19/h8,10-13,15,17-20,28H,3-7,9,14,16H2,1-2H3,(H,29,30). The molecule has 1 saturated heterocycles. The summed E-state index contributed by atoms with van der Waals surface area (Å²) in [5, 5.41) is 20.6. The number of benzene rings is 1. The first-order chi connectivity index (χ1) is 18.1. The number of pyridine rings is 1. The highest BCUT2D eigenvalue weighted by Crippen LogP contribution is 2.31. The van der Waals surface area contributed by atoms with Crippen molar-refractivity contribution in [2.45, 2.75) is 51.2 Å². The van der Waals surface area contributed by atoms with Crippen LogP contribution in [0.4, 0.5) is 5.69 Å². The number of fused-ring (bicyclic) bond motifs is 1. The summed E-state index contributed by atoms with van der Waals surface area (Å²) in [6, 6.07) is 8.10. The lowest BCUT2D eigenvalue weighted by Crippen LogP contribution is -2.47. The average Bonchev–Trinajstić information content (AvgIpc) is 3.57. The van der Waals surface area contributed by atoms with E-state index in [0.717, 1.165) is 54.1 Å². The second kappa shape index (κ2) is 10.0. The molecule has 4 aromatic rings. The number of nitrogens with one attached hydrogen (secondary N) is 2. The molecule has 0 radical (unpaired) electrons. The molecule has 2 aliphatic rings. The van der Waals surface area contributed by atoms with Gasteiger partial charge in [0.05, 0.1) is 25.0 Å². The Morgan fingerprint density at radius 1 is 1.22 bits per heavy atom. The van der Waals surface area contributed by atoms with Crippen molar-refractivity contribution in [1.82, 2.24) is 35.1 Å². The number of hydrogen-bond donors (Lipinski definition) is 2. The molecule has 1 aliphatic carbocycles. The molecule has 0 bridgehead atoms. The second-order valence-corrected chi connectivity index (χ2v) is 10.3. The van der Waals surface area contributed by atoms with Gasteiger partial charge in [-0.2, -0.15) is 5.10 Å². The molecule has 2 unspecified atom stereocenters. The smallest absolute Gasteiger partial charge is 0.254 e. The van der Waals surface area contributed by atoms with E-state index in [1.54, 1.807) is 28.6 Å². The van der Waals surface area contributed by atoms with Gasteiger partial charge in [0.25, 0.3) is 5.56 Å². The van der Waals surface area contributed by atoms with Crippen molar-refractivity contribution in [1.29, 1.82) is 0 Å². The van der Waals surface area contributed by atoms with Gasteiger partial charge in [-0.05, 0) is 57.2 Å². The van der Waals surface area contributed by atoms with E-state index in [-0.39, 0.29) is 11.7 Å². The quantitative estimate of drug-likeness (QED) is 0.380. The molecule has 0 amide bonds. The molecule has 1 saturated carbocycles. The summed E-state index contributed by atoms with van der Waals surface area (Å²) in [4.78, 5) is 15.5. The lowest BCUT2D eigenvalue weighted by molar-refractivity contribution is 0.280. The molecule has 1 aliphatic heterocycles. The third kappa shape index (κ3) is 4.73. The first kappa shape index (κ1) is 23.7. The Bertz CT molecular complexity index is 1440. The van der Waals surface area contributed by atoms with E-state index in [1.807, 2.05) is 37.5 Å². The molecule has 10 heteroatoms. The minimum Gasteiger partial charge on any atom is -0.497 e. The summed E-state index contributed by atoms with van der Waals surface area (Å²) in [6.07, 6.45) is 11.6. The molecule has 0 spiro atoms. The summed E-state index contributed by atoms with van der Waals surface area (Å²) < 4.78 is 8.84. The molecular formula is C27H34N8O2. The van der Waals surface area contributed by atoms with Gasteiger partial charge in [-0.1, -0.05) is 11.6 Å². The largest absolute Gasteiger partial charge is 0.497 e. The molecule has 2 fully saturated rings. The van der Waals surface area contributed by atoms with E-state index < -0.39 is 0 Å². The van der Waals surface area contributed by atoms with Crippen LogP contribution in [0.2, 0.25) is 0 Å². The molecular weight excluding hydrogens is 468 g/mol. The number of piperidine rings is 1. The van der Waals surface area contributed by atoms with Crippen LogP contribution in [0.3, 0.4) is 0 Å². The maximum absolute atomic E-state index is 13.2.